The van der Waals surface area contributed by atoms with E-state index in [0.29, 0.717) is 11.3 Å². The number of benzene rings is 1. The molecule has 0 bridgehead atoms. The van der Waals surface area contributed by atoms with Crippen LogP contribution in [0.2, 0.25) is 0 Å². The van der Waals surface area contributed by atoms with Crippen LogP contribution in [-0.2, 0) is 0 Å². The van der Waals surface area contributed by atoms with Gasteiger partial charge in [-0.15, -0.1) is 0 Å². The van der Waals surface area contributed by atoms with Crippen molar-refractivity contribution in [3.63, 3.8) is 0 Å². The van der Waals surface area contributed by atoms with Crippen molar-refractivity contribution >= 4 is 17.3 Å². The molecule has 2 heterocycles. The molecule has 0 aliphatic carbocycles. The molecule has 0 radical (unpaired) electrons. The van der Waals surface area contributed by atoms with E-state index in [0.717, 1.165) is 0 Å². The minimum atomic E-state index is -1.18. The Morgan fingerprint density at radius 2 is 1.95 bits per heavy atom. The summed E-state index contributed by atoms with van der Waals surface area (Å²) in [5, 5.41) is 9.19. The molecule has 6 heteroatoms. The van der Waals surface area contributed by atoms with E-state index < -0.39 is 11.8 Å². The molecule has 0 unspecified atom stereocenters. The van der Waals surface area contributed by atoms with Crippen LogP contribution in [0, 0.1) is 5.82 Å². The molecule has 1 aromatic carbocycles. The zero-order valence-corrected chi connectivity index (χ0v) is 10.2. The fraction of sp³-hybridized carbons (Fsp3) is 0. The predicted octanol–water partition coefficient (Wildman–Crippen LogP) is 2.42. The van der Waals surface area contributed by atoms with Gasteiger partial charge in [-0.25, -0.2) is 14.2 Å². The van der Waals surface area contributed by atoms with Gasteiger partial charge in [0.05, 0.1) is 11.1 Å². The van der Waals surface area contributed by atoms with Gasteiger partial charge in [0.25, 0.3) is 0 Å². The van der Waals surface area contributed by atoms with E-state index >= 15 is 0 Å². The number of carboxylic acids is 1. The van der Waals surface area contributed by atoms with Gasteiger partial charge in [-0.2, -0.15) is 0 Å². The quantitative estimate of drug-likeness (QED) is 0.750. The number of carbonyl (C=O) groups is 1. The van der Waals surface area contributed by atoms with Gasteiger partial charge in [-0.05, 0) is 24.3 Å². The Morgan fingerprint density at radius 1 is 1.20 bits per heavy atom. The lowest BCUT2D eigenvalue weighted by Crippen LogP contribution is -1.99. The number of carboxylic acid groups (broad SMARTS) is 1. The Bertz CT molecular complexity index is 826. The molecule has 5 nitrogen and oxygen atoms in total. The molecular formula is C14H10FN3O2. The number of pyridine rings is 1. The fourth-order valence-electron chi connectivity index (χ4n) is 2.14. The maximum Gasteiger partial charge on any atom is 0.356 e. The van der Waals surface area contributed by atoms with Crippen LogP contribution >= 0.6 is 0 Å². The first-order valence-corrected chi connectivity index (χ1v) is 5.84. The van der Waals surface area contributed by atoms with Crippen molar-refractivity contribution < 1.29 is 14.3 Å². The predicted molar refractivity (Wildman–Crippen MR) is 72.0 cm³/mol. The van der Waals surface area contributed by atoms with Gasteiger partial charge in [0.15, 0.2) is 5.69 Å². The summed E-state index contributed by atoms with van der Waals surface area (Å²) in [7, 11) is 0. The number of halogens is 1. The normalized spacial score (nSPS) is 10.8. The molecule has 0 amide bonds. The van der Waals surface area contributed by atoms with Gasteiger partial charge in [0.2, 0.25) is 0 Å². The van der Waals surface area contributed by atoms with Gasteiger partial charge in [0, 0.05) is 0 Å². The molecule has 100 valence electrons. The van der Waals surface area contributed by atoms with E-state index in [1.165, 1.54) is 16.5 Å². The highest BCUT2D eigenvalue weighted by atomic mass is 19.1. The largest absolute Gasteiger partial charge is 0.476 e. The molecule has 0 aliphatic heterocycles. The number of hydrogen-bond donors (Lipinski definition) is 2. The number of aromatic nitrogens is 2. The van der Waals surface area contributed by atoms with Crippen LogP contribution in [0.1, 0.15) is 10.5 Å². The van der Waals surface area contributed by atoms with Crippen LogP contribution < -0.4 is 5.73 Å². The average Bonchev–Trinajstić information content (AvgIpc) is 2.80. The minimum Gasteiger partial charge on any atom is -0.476 e. The second-order valence-electron chi connectivity index (χ2n) is 4.24. The molecule has 0 saturated heterocycles. The monoisotopic (exact) mass is 271 g/mol. The van der Waals surface area contributed by atoms with E-state index in [-0.39, 0.29) is 17.1 Å². The maximum atomic E-state index is 13.9. The fourth-order valence-corrected chi connectivity index (χ4v) is 2.14. The number of aromatic carboxylic acids is 1. The standard InChI is InChI=1S/C14H10FN3O2/c15-9-5-2-1-4-8(9)13-17-12(14(19)20)10-6-3-7-11(16)18(10)13/h1-7H,16H2,(H,19,20). The van der Waals surface area contributed by atoms with E-state index in [4.69, 9.17) is 5.73 Å². The highest BCUT2D eigenvalue weighted by Gasteiger charge is 2.20. The summed E-state index contributed by atoms with van der Waals surface area (Å²) < 4.78 is 15.3. The third kappa shape index (κ3) is 1.70. The summed E-state index contributed by atoms with van der Waals surface area (Å²) in [6, 6.07) is 10.8. The Hall–Kier alpha value is -2.89. The molecule has 0 fully saturated rings. The summed E-state index contributed by atoms with van der Waals surface area (Å²) >= 11 is 0. The molecule has 20 heavy (non-hydrogen) atoms. The smallest absolute Gasteiger partial charge is 0.356 e. The van der Waals surface area contributed by atoms with Crippen LogP contribution in [0.5, 0.6) is 0 Å². The number of hydrogen-bond acceptors (Lipinski definition) is 3. The molecule has 0 spiro atoms. The summed E-state index contributed by atoms with van der Waals surface area (Å²) in [6.07, 6.45) is 0. The average molecular weight is 271 g/mol. The van der Waals surface area contributed by atoms with Gasteiger partial charge < -0.3 is 10.8 Å². The Balaban J connectivity index is 2.43. The molecule has 3 aromatic rings. The first-order chi connectivity index (χ1) is 9.59. The van der Waals surface area contributed by atoms with Crippen molar-refractivity contribution in [3.8, 4) is 11.4 Å². The van der Waals surface area contributed by atoms with Gasteiger partial charge >= 0.3 is 5.97 Å². The van der Waals surface area contributed by atoms with Gasteiger partial charge in [0.1, 0.15) is 17.5 Å². The molecule has 0 atom stereocenters. The van der Waals surface area contributed by atoms with Gasteiger partial charge in [-0.1, -0.05) is 18.2 Å². The lowest BCUT2D eigenvalue weighted by Gasteiger charge is -2.05. The van der Waals surface area contributed by atoms with Crippen molar-refractivity contribution in [3.05, 3.63) is 54.0 Å². The molecule has 2 aromatic heterocycles. The number of rotatable bonds is 2. The summed E-state index contributed by atoms with van der Waals surface area (Å²) in [4.78, 5) is 15.3. The Morgan fingerprint density at radius 3 is 2.65 bits per heavy atom. The lowest BCUT2D eigenvalue weighted by molar-refractivity contribution is 0.0693. The zero-order chi connectivity index (χ0) is 14.3. The summed E-state index contributed by atoms with van der Waals surface area (Å²) in [6.45, 7) is 0. The number of imidazole rings is 1. The van der Waals surface area contributed by atoms with E-state index in [1.807, 2.05) is 0 Å². The van der Waals surface area contributed by atoms with E-state index in [9.17, 15) is 14.3 Å². The first-order valence-electron chi connectivity index (χ1n) is 5.84. The van der Waals surface area contributed by atoms with E-state index in [2.05, 4.69) is 4.98 Å². The topological polar surface area (TPSA) is 80.6 Å². The molecular weight excluding hydrogens is 261 g/mol. The SMILES string of the molecule is Nc1cccc2c(C(=O)O)nc(-c3ccccc3F)n12. The number of nitrogens with zero attached hydrogens (tertiary/aromatic N) is 2. The number of nitrogens with two attached hydrogens (primary N) is 1. The van der Waals surface area contributed by atoms with Crippen LogP contribution in [0.4, 0.5) is 10.2 Å². The number of anilines is 1. The minimum absolute atomic E-state index is 0.157. The second kappa shape index (κ2) is 4.34. The molecule has 0 aliphatic rings. The van der Waals surface area contributed by atoms with Crippen molar-refractivity contribution in [1.29, 1.82) is 0 Å². The Kier molecular flexibility index (Phi) is 2.64. The molecule has 3 N–H and O–H groups in total. The lowest BCUT2D eigenvalue weighted by atomic mass is 10.2. The number of fused-ring (bicyclic) bond motifs is 1. The van der Waals surface area contributed by atoms with Crippen molar-refractivity contribution in [1.82, 2.24) is 9.38 Å². The zero-order valence-electron chi connectivity index (χ0n) is 10.2. The van der Waals surface area contributed by atoms with Crippen molar-refractivity contribution in [2.24, 2.45) is 0 Å². The molecule has 0 saturated carbocycles. The first kappa shape index (κ1) is 12.2. The van der Waals surface area contributed by atoms with Crippen LogP contribution in [0.25, 0.3) is 16.9 Å². The van der Waals surface area contributed by atoms with Gasteiger partial charge in [-0.3, -0.25) is 4.40 Å². The Labute approximate surface area is 113 Å². The van der Waals surface area contributed by atoms with Crippen LogP contribution in [-0.4, -0.2) is 20.5 Å². The third-order valence-corrected chi connectivity index (χ3v) is 3.01. The van der Waals surface area contributed by atoms with E-state index in [1.54, 1.807) is 30.3 Å². The molecule has 3 rings (SSSR count). The summed E-state index contributed by atoms with van der Waals surface area (Å²) in [5.41, 5.74) is 6.24. The highest BCUT2D eigenvalue weighted by Crippen LogP contribution is 2.27. The number of nitrogen functional groups attached to an aromatic ring is 1. The highest BCUT2D eigenvalue weighted by molar-refractivity contribution is 5.95. The van der Waals surface area contributed by atoms with Crippen LogP contribution in [0.3, 0.4) is 0 Å². The summed E-state index contributed by atoms with van der Waals surface area (Å²) in [5.74, 6) is -1.20. The van der Waals surface area contributed by atoms with Crippen molar-refractivity contribution in [2.45, 2.75) is 0 Å². The third-order valence-electron chi connectivity index (χ3n) is 3.01. The maximum absolute atomic E-state index is 13.9. The van der Waals surface area contributed by atoms with Crippen molar-refractivity contribution in [2.75, 3.05) is 5.73 Å². The van der Waals surface area contributed by atoms with Crippen LogP contribution in [0.15, 0.2) is 42.5 Å². The second-order valence-corrected chi connectivity index (χ2v) is 4.24.